The molecule has 3 N–H and O–H groups in total. The van der Waals surface area contributed by atoms with Gasteiger partial charge in [0.25, 0.3) is 0 Å². The molecule has 6 heteroatoms. The van der Waals surface area contributed by atoms with E-state index < -0.39 is 5.97 Å². The van der Waals surface area contributed by atoms with Crippen molar-refractivity contribution in [2.24, 2.45) is 11.8 Å². The molecule has 1 aliphatic heterocycles. The summed E-state index contributed by atoms with van der Waals surface area (Å²) < 4.78 is 0. The highest BCUT2D eigenvalue weighted by Crippen LogP contribution is 2.20. The maximum Gasteiger partial charge on any atom is 0.317 e. The van der Waals surface area contributed by atoms with Gasteiger partial charge in [0.2, 0.25) is 0 Å². The van der Waals surface area contributed by atoms with Gasteiger partial charge in [-0.05, 0) is 37.5 Å². The van der Waals surface area contributed by atoms with Crippen molar-refractivity contribution in [1.29, 1.82) is 0 Å². The van der Waals surface area contributed by atoms with Crippen LogP contribution in [0.5, 0.6) is 0 Å². The Labute approximate surface area is 126 Å². The van der Waals surface area contributed by atoms with Crippen molar-refractivity contribution >= 4 is 12.0 Å². The molecule has 0 saturated carbocycles. The Hall–Kier alpha value is -1.30. The third-order valence-corrected chi connectivity index (χ3v) is 4.21. The van der Waals surface area contributed by atoms with Gasteiger partial charge in [0.05, 0.1) is 6.10 Å². The molecule has 0 spiro atoms. The number of aliphatic hydroxyl groups excluding tert-OH is 1. The standard InChI is InChI=1S/C15H28N2O4/c1-11(2)12(3-4-14(19)20)5-8-16-15(21)17-9-6-13(18)7-10-17/h11-13,18H,3-10H2,1-2H3,(H,16,21)(H,19,20). The fraction of sp³-hybridized carbons (Fsp3) is 0.867. The first-order valence-electron chi connectivity index (χ1n) is 7.82. The van der Waals surface area contributed by atoms with Gasteiger partial charge < -0.3 is 20.4 Å². The highest BCUT2D eigenvalue weighted by molar-refractivity contribution is 5.74. The lowest BCUT2D eigenvalue weighted by atomic mass is 9.88. The molecule has 0 aromatic rings. The summed E-state index contributed by atoms with van der Waals surface area (Å²) in [6.45, 7) is 5.93. The van der Waals surface area contributed by atoms with Gasteiger partial charge in [-0.25, -0.2) is 4.79 Å². The highest BCUT2D eigenvalue weighted by Gasteiger charge is 2.21. The maximum atomic E-state index is 12.0. The zero-order valence-corrected chi connectivity index (χ0v) is 13.0. The molecule has 2 amide bonds. The van der Waals surface area contributed by atoms with Crippen molar-refractivity contribution < 1.29 is 19.8 Å². The van der Waals surface area contributed by atoms with Crippen LogP contribution >= 0.6 is 0 Å². The van der Waals surface area contributed by atoms with E-state index in [2.05, 4.69) is 19.2 Å². The van der Waals surface area contributed by atoms with E-state index in [-0.39, 0.29) is 18.6 Å². The van der Waals surface area contributed by atoms with Gasteiger partial charge in [-0.2, -0.15) is 0 Å². The summed E-state index contributed by atoms with van der Waals surface area (Å²) in [7, 11) is 0. The van der Waals surface area contributed by atoms with Crippen molar-refractivity contribution in [3.05, 3.63) is 0 Å². The fourth-order valence-electron chi connectivity index (χ4n) is 2.67. The van der Waals surface area contributed by atoms with E-state index in [1.54, 1.807) is 4.90 Å². The van der Waals surface area contributed by atoms with Gasteiger partial charge in [0, 0.05) is 26.1 Å². The van der Waals surface area contributed by atoms with Crippen LogP contribution in [0.15, 0.2) is 0 Å². The average molecular weight is 300 g/mol. The first kappa shape index (κ1) is 17.8. The first-order valence-corrected chi connectivity index (χ1v) is 7.82. The predicted molar refractivity (Wildman–Crippen MR) is 80.0 cm³/mol. The summed E-state index contributed by atoms with van der Waals surface area (Å²) in [5.74, 6) is -0.0486. The summed E-state index contributed by atoms with van der Waals surface area (Å²) >= 11 is 0. The molecule has 122 valence electrons. The van der Waals surface area contributed by atoms with E-state index in [4.69, 9.17) is 5.11 Å². The molecule has 0 aromatic heterocycles. The molecule has 1 rings (SSSR count). The third-order valence-electron chi connectivity index (χ3n) is 4.21. The second-order valence-electron chi connectivity index (χ2n) is 6.18. The Morgan fingerprint density at radius 1 is 1.24 bits per heavy atom. The lowest BCUT2D eigenvalue weighted by molar-refractivity contribution is -0.137. The number of carboxylic acid groups (broad SMARTS) is 1. The number of nitrogens with one attached hydrogen (secondary N) is 1. The molecule has 6 nitrogen and oxygen atoms in total. The van der Waals surface area contributed by atoms with E-state index in [1.165, 1.54) is 0 Å². The Bertz CT molecular complexity index is 339. The van der Waals surface area contributed by atoms with Gasteiger partial charge in [-0.15, -0.1) is 0 Å². The topological polar surface area (TPSA) is 89.9 Å². The zero-order valence-electron chi connectivity index (χ0n) is 13.0. The molecule has 1 saturated heterocycles. The number of urea groups is 1. The highest BCUT2D eigenvalue weighted by atomic mass is 16.4. The minimum absolute atomic E-state index is 0.0809. The molecule has 0 aromatic carbocycles. The Balaban J connectivity index is 2.26. The third kappa shape index (κ3) is 6.80. The van der Waals surface area contributed by atoms with Crippen LogP contribution in [0.25, 0.3) is 0 Å². The molecular formula is C15H28N2O4. The number of aliphatic carboxylic acids is 1. The van der Waals surface area contributed by atoms with Crippen molar-refractivity contribution in [2.45, 2.75) is 52.1 Å². The van der Waals surface area contributed by atoms with Gasteiger partial charge in [0.15, 0.2) is 0 Å². The number of likely N-dealkylation sites (tertiary alicyclic amines) is 1. The first-order chi connectivity index (χ1) is 9.90. The number of amides is 2. The summed E-state index contributed by atoms with van der Waals surface area (Å²) in [5.41, 5.74) is 0. The van der Waals surface area contributed by atoms with E-state index in [9.17, 15) is 14.7 Å². The van der Waals surface area contributed by atoms with Crippen LogP contribution in [0, 0.1) is 11.8 Å². The molecule has 0 radical (unpaired) electrons. The van der Waals surface area contributed by atoms with Crippen LogP contribution in [0.2, 0.25) is 0 Å². The smallest absolute Gasteiger partial charge is 0.317 e. The van der Waals surface area contributed by atoms with Crippen LogP contribution in [0.4, 0.5) is 4.79 Å². The van der Waals surface area contributed by atoms with Gasteiger partial charge in [0.1, 0.15) is 0 Å². The van der Waals surface area contributed by atoms with Crippen LogP contribution < -0.4 is 5.32 Å². The number of hydrogen-bond acceptors (Lipinski definition) is 3. The number of rotatable bonds is 7. The molecule has 1 aliphatic rings. The van der Waals surface area contributed by atoms with Crippen LogP contribution in [-0.2, 0) is 4.79 Å². The van der Waals surface area contributed by atoms with Gasteiger partial charge >= 0.3 is 12.0 Å². The Morgan fingerprint density at radius 2 is 1.86 bits per heavy atom. The quantitative estimate of drug-likeness (QED) is 0.667. The van der Waals surface area contributed by atoms with Crippen LogP contribution in [0.1, 0.15) is 46.0 Å². The van der Waals surface area contributed by atoms with Crippen LogP contribution in [-0.4, -0.2) is 52.9 Å². The summed E-state index contributed by atoms with van der Waals surface area (Å²) in [4.78, 5) is 24.3. The monoisotopic (exact) mass is 300 g/mol. The number of carboxylic acids is 1. The van der Waals surface area contributed by atoms with Gasteiger partial charge in [-0.3, -0.25) is 4.79 Å². The Morgan fingerprint density at radius 3 is 2.38 bits per heavy atom. The van der Waals surface area contributed by atoms with Crippen molar-refractivity contribution in [1.82, 2.24) is 10.2 Å². The maximum absolute atomic E-state index is 12.0. The fourth-order valence-corrected chi connectivity index (χ4v) is 2.67. The van der Waals surface area contributed by atoms with Crippen LogP contribution in [0.3, 0.4) is 0 Å². The van der Waals surface area contributed by atoms with E-state index in [0.29, 0.717) is 50.7 Å². The largest absolute Gasteiger partial charge is 0.481 e. The Kier molecular flexibility index (Phi) is 7.50. The summed E-state index contributed by atoms with van der Waals surface area (Å²) in [5, 5.41) is 21.1. The summed E-state index contributed by atoms with van der Waals surface area (Å²) in [6, 6.07) is -0.0809. The molecule has 21 heavy (non-hydrogen) atoms. The zero-order chi connectivity index (χ0) is 15.8. The van der Waals surface area contributed by atoms with E-state index in [0.717, 1.165) is 6.42 Å². The van der Waals surface area contributed by atoms with Gasteiger partial charge in [-0.1, -0.05) is 13.8 Å². The lowest BCUT2D eigenvalue weighted by Crippen LogP contribution is -2.45. The molecule has 0 bridgehead atoms. The van der Waals surface area contributed by atoms with Crippen molar-refractivity contribution in [3.8, 4) is 0 Å². The average Bonchev–Trinajstić information content (AvgIpc) is 2.42. The minimum Gasteiger partial charge on any atom is -0.481 e. The SMILES string of the molecule is CC(C)C(CCNC(=O)N1CCC(O)CC1)CCC(=O)O. The van der Waals surface area contributed by atoms with Crippen molar-refractivity contribution in [2.75, 3.05) is 19.6 Å². The second kappa shape index (κ2) is 8.87. The molecule has 1 unspecified atom stereocenters. The normalized spacial score (nSPS) is 17.8. The molecule has 1 fully saturated rings. The number of carbonyl (C=O) groups is 2. The molecule has 1 atom stereocenters. The van der Waals surface area contributed by atoms with Crippen molar-refractivity contribution in [3.63, 3.8) is 0 Å². The minimum atomic E-state index is -0.767. The number of nitrogens with zero attached hydrogens (tertiary/aromatic N) is 1. The number of carbonyl (C=O) groups excluding carboxylic acids is 1. The predicted octanol–water partition coefficient (Wildman–Crippen LogP) is 1.68. The number of piperidine rings is 1. The number of aliphatic hydroxyl groups is 1. The molecule has 0 aliphatic carbocycles. The summed E-state index contributed by atoms with van der Waals surface area (Å²) in [6.07, 6.45) is 2.63. The number of hydrogen-bond donors (Lipinski definition) is 3. The lowest BCUT2D eigenvalue weighted by Gasteiger charge is -2.30. The molecule has 1 heterocycles. The van der Waals surface area contributed by atoms with E-state index >= 15 is 0 Å². The van der Waals surface area contributed by atoms with E-state index in [1.807, 2.05) is 0 Å². The molecular weight excluding hydrogens is 272 g/mol. The second-order valence-corrected chi connectivity index (χ2v) is 6.18.